The van der Waals surface area contributed by atoms with Crippen LogP contribution in [0.2, 0.25) is 0 Å². The van der Waals surface area contributed by atoms with Crippen LogP contribution in [-0.4, -0.2) is 56.4 Å². The molecule has 0 spiro atoms. The number of nitrogens with one attached hydrogen (secondary N) is 4. The molecule has 0 saturated carbocycles. The Balaban J connectivity index is 1.65. The van der Waals surface area contributed by atoms with Gasteiger partial charge in [-0.05, 0) is 34.1 Å². The highest BCUT2D eigenvalue weighted by atomic mass is 79.9. The fourth-order valence-electron chi connectivity index (χ4n) is 3.61. The van der Waals surface area contributed by atoms with Crippen molar-refractivity contribution in [2.24, 2.45) is 37.6 Å². The van der Waals surface area contributed by atoms with Crippen LogP contribution < -0.4 is 32.7 Å². The summed E-state index contributed by atoms with van der Waals surface area (Å²) in [6.45, 7) is 3.99. The van der Waals surface area contributed by atoms with Crippen LogP contribution in [0.25, 0.3) is 0 Å². The van der Waals surface area contributed by atoms with E-state index < -0.39 is 17.7 Å². The van der Waals surface area contributed by atoms with E-state index in [1.165, 1.54) is 18.2 Å². The highest BCUT2D eigenvalue weighted by Gasteiger charge is 2.19. The maximum Gasteiger partial charge on any atom is 0.272 e. The molecule has 0 aliphatic carbocycles. The molecule has 3 rings (SSSR count). The van der Waals surface area contributed by atoms with Crippen LogP contribution in [0.1, 0.15) is 31.5 Å². The lowest BCUT2D eigenvalue weighted by Gasteiger charge is -2.04. The van der Waals surface area contributed by atoms with Crippen LogP contribution in [0, 0.1) is 0 Å². The van der Waals surface area contributed by atoms with Crippen molar-refractivity contribution < 1.29 is 19.2 Å². The summed E-state index contributed by atoms with van der Waals surface area (Å²) < 4.78 is 4.85. The minimum atomic E-state index is -0.442. The molecule has 3 aromatic heterocycles. The summed E-state index contributed by atoms with van der Waals surface area (Å²) in [5.74, 6) is -1.73. The molecular formula is C24H29BrN10O4. The smallest absolute Gasteiger partial charge is 0.272 e. The number of nitrogens with zero attached hydrogens (tertiary/aromatic N) is 4. The van der Waals surface area contributed by atoms with Crippen molar-refractivity contribution in [2.75, 3.05) is 29.0 Å². The zero-order chi connectivity index (χ0) is 28.9. The van der Waals surface area contributed by atoms with Gasteiger partial charge >= 0.3 is 0 Å². The quantitative estimate of drug-likeness (QED) is 0.0870. The number of aromatic nitrogens is 3. The number of guanidine groups is 1. The van der Waals surface area contributed by atoms with E-state index in [9.17, 15) is 19.2 Å². The third-order valence-electron chi connectivity index (χ3n) is 5.42. The zero-order valence-corrected chi connectivity index (χ0v) is 23.1. The molecule has 39 heavy (non-hydrogen) atoms. The Kier molecular flexibility index (Phi) is 8.98. The Hall–Kier alpha value is -4.79. The first kappa shape index (κ1) is 28.8. The van der Waals surface area contributed by atoms with Gasteiger partial charge in [-0.3, -0.25) is 24.2 Å². The topological polar surface area (TPSA) is 196 Å². The van der Waals surface area contributed by atoms with Crippen LogP contribution in [0.15, 0.2) is 52.8 Å². The Morgan fingerprint density at radius 3 is 1.62 bits per heavy atom. The Bertz CT molecular complexity index is 1480. The number of nitrogens with two attached hydrogens (primary N) is 2. The van der Waals surface area contributed by atoms with Gasteiger partial charge in [-0.15, -0.1) is 0 Å². The molecule has 0 fully saturated rings. The molecule has 3 aromatic rings. The molecule has 0 unspecified atom stereocenters. The lowest BCUT2D eigenvalue weighted by atomic mass is 10.3. The molecule has 0 aliphatic rings. The normalized spacial score (nSPS) is 10.5. The third-order valence-corrected chi connectivity index (χ3v) is 5.78. The Morgan fingerprint density at radius 2 is 1.21 bits per heavy atom. The molecule has 0 aliphatic heterocycles. The second kappa shape index (κ2) is 12.2. The SMILES string of the molecule is C=C(Br)C(=O)Nc1cc(C(=O)Nc2cc(C(=O)Nc3cc(C(=O)NCCN=C(N)N)n(C)c3)n(C)c2)n(C)c1. The van der Waals surface area contributed by atoms with Gasteiger partial charge in [-0.25, -0.2) is 0 Å². The number of carbonyl (C=O) groups is 4. The minimum Gasteiger partial charge on any atom is -0.370 e. The van der Waals surface area contributed by atoms with Crippen molar-refractivity contribution >= 4 is 62.6 Å². The molecule has 0 aromatic carbocycles. The number of amides is 4. The van der Waals surface area contributed by atoms with Gasteiger partial charge < -0.3 is 46.4 Å². The lowest BCUT2D eigenvalue weighted by molar-refractivity contribution is -0.112. The van der Waals surface area contributed by atoms with Gasteiger partial charge in [0, 0.05) is 46.3 Å². The first-order valence-corrected chi connectivity index (χ1v) is 12.3. The number of hydrogen-bond acceptors (Lipinski definition) is 5. The molecular weight excluding hydrogens is 572 g/mol. The van der Waals surface area contributed by atoms with Gasteiger partial charge in [0.1, 0.15) is 17.1 Å². The minimum absolute atomic E-state index is 0.0617. The molecule has 0 saturated heterocycles. The van der Waals surface area contributed by atoms with Gasteiger partial charge in [0.25, 0.3) is 23.6 Å². The highest BCUT2D eigenvalue weighted by Crippen LogP contribution is 2.20. The Labute approximate surface area is 232 Å². The van der Waals surface area contributed by atoms with Crippen LogP contribution in [0.4, 0.5) is 17.1 Å². The van der Waals surface area contributed by atoms with Crippen LogP contribution in [-0.2, 0) is 25.9 Å². The summed E-state index contributed by atoms with van der Waals surface area (Å²) in [6, 6.07) is 4.58. The first-order chi connectivity index (χ1) is 18.3. The summed E-state index contributed by atoms with van der Waals surface area (Å²) in [6.07, 6.45) is 4.78. The van der Waals surface area contributed by atoms with E-state index in [0.29, 0.717) is 22.8 Å². The zero-order valence-electron chi connectivity index (χ0n) is 21.5. The van der Waals surface area contributed by atoms with Gasteiger partial charge in [0.15, 0.2) is 5.96 Å². The summed E-state index contributed by atoms with van der Waals surface area (Å²) in [5, 5.41) is 10.8. The molecule has 3 heterocycles. The number of aliphatic imine (C=N–C) groups is 1. The van der Waals surface area contributed by atoms with Crippen molar-refractivity contribution in [3.63, 3.8) is 0 Å². The van der Waals surface area contributed by atoms with Gasteiger partial charge in [0.2, 0.25) is 0 Å². The van der Waals surface area contributed by atoms with E-state index in [4.69, 9.17) is 11.5 Å². The maximum absolute atomic E-state index is 12.9. The average Bonchev–Trinajstić information content (AvgIpc) is 3.52. The van der Waals surface area contributed by atoms with Crippen LogP contribution >= 0.6 is 15.9 Å². The van der Waals surface area contributed by atoms with Gasteiger partial charge in [0.05, 0.1) is 28.1 Å². The van der Waals surface area contributed by atoms with E-state index in [1.807, 2.05) is 0 Å². The lowest BCUT2D eigenvalue weighted by Crippen LogP contribution is -2.29. The van der Waals surface area contributed by atoms with E-state index in [0.717, 1.165) is 0 Å². The van der Waals surface area contributed by atoms with Crippen molar-refractivity contribution in [1.82, 2.24) is 19.0 Å². The number of hydrogen-bond donors (Lipinski definition) is 6. The van der Waals surface area contributed by atoms with Crippen molar-refractivity contribution in [3.8, 4) is 0 Å². The fourth-order valence-corrected chi connectivity index (χ4v) is 3.71. The Morgan fingerprint density at radius 1 is 0.795 bits per heavy atom. The average molecular weight is 601 g/mol. The number of anilines is 3. The predicted octanol–water partition coefficient (Wildman–Crippen LogP) is 1.06. The first-order valence-electron chi connectivity index (χ1n) is 11.5. The highest BCUT2D eigenvalue weighted by molar-refractivity contribution is 9.12. The van der Waals surface area contributed by atoms with Gasteiger partial charge in [-0.1, -0.05) is 6.58 Å². The largest absolute Gasteiger partial charge is 0.370 e. The second-order valence-corrected chi connectivity index (χ2v) is 9.46. The van der Waals surface area contributed by atoms with Crippen LogP contribution in [0.5, 0.6) is 0 Å². The van der Waals surface area contributed by atoms with E-state index in [2.05, 4.69) is 48.8 Å². The van der Waals surface area contributed by atoms with E-state index >= 15 is 0 Å². The second-order valence-electron chi connectivity index (χ2n) is 8.50. The molecule has 15 heteroatoms. The van der Waals surface area contributed by atoms with Crippen molar-refractivity contribution in [2.45, 2.75) is 0 Å². The number of rotatable bonds is 10. The number of carbonyl (C=O) groups excluding carboxylic acids is 4. The predicted molar refractivity (Wildman–Crippen MR) is 152 cm³/mol. The number of halogens is 1. The maximum atomic E-state index is 12.9. The van der Waals surface area contributed by atoms with Gasteiger partial charge in [-0.2, -0.15) is 0 Å². The van der Waals surface area contributed by atoms with Crippen LogP contribution in [0.3, 0.4) is 0 Å². The van der Waals surface area contributed by atoms with E-state index in [-0.39, 0.29) is 40.8 Å². The molecule has 0 atom stereocenters. The monoisotopic (exact) mass is 600 g/mol. The molecule has 206 valence electrons. The molecule has 14 nitrogen and oxygen atoms in total. The standard InChI is InChI=1S/C24H29BrN10O4/c1-13(25)20(36)30-14-8-18(34(3)10-14)22(38)32-16-9-19(35(4)12-16)23(39)31-15-7-17(33(2)11-15)21(37)28-5-6-29-24(26)27/h7-12H,1,5-6H2,2-4H3,(H,28,37)(H,30,36)(H,31,39)(H,32,38)(H4,26,27,29). The van der Waals surface area contributed by atoms with E-state index in [1.54, 1.807) is 53.4 Å². The third kappa shape index (κ3) is 7.38. The summed E-state index contributed by atoms with van der Waals surface area (Å²) in [4.78, 5) is 53.8. The van der Waals surface area contributed by atoms with Crippen molar-refractivity contribution in [3.05, 3.63) is 64.9 Å². The summed E-state index contributed by atoms with van der Waals surface area (Å²) in [5.41, 5.74) is 12.6. The molecule has 0 radical (unpaired) electrons. The molecule has 0 bridgehead atoms. The molecule has 4 amide bonds. The fraction of sp³-hybridized carbons (Fsp3) is 0.208. The molecule has 8 N–H and O–H groups in total. The summed E-state index contributed by atoms with van der Waals surface area (Å²) >= 11 is 3.01. The number of aryl methyl sites for hydroxylation is 3. The van der Waals surface area contributed by atoms with Crippen molar-refractivity contribution in [1.29, 1.82) is 0 Å². The summed E-state index contributed by atoms with van der Waals surface area (Å²) in [7, 11) is 5.00.